The molecule has 2 heteroatoms. The summed E-state index contributed by atoms with van der Waals surface area (Å²) in [5, 5.41) is 8.78. The second-order valence-electron chi connectivity index (χ2n) is 4.75. The fraction of sp³-hybridized carbons (Fsp3) is 0.818. The van der Waals surface area contributed by atoms with Gasteiger partial charge in [-0.2, -0.15) is 0 Å². The van der Waals surface area contributed by atoms with Gasteiger partial charge in [0.05, 0.1) is 6.61 Å². The van der Waals surface area contributed by atoms with E-state index in [0.29, 0.717) is 5.41 Å². The molecule has 0 saturated carbocycles. The average Bonchev–Trinajstić information content (AvgIpc) is 2.04. The summed E-state index contributed by atoms with van der Waals surface area (Å²) < 4.78 is 0. The van der Waals surface area contributed by atoms with Gasteiger partial charge in [-0.05, 0) is 11.8 Å². The summed E-state index contributed by atoms with van der Waals surface area (Å²) in [5.41, 5.74) is 1.88. The number of aliphatic hydroxyl groups excluding tert-OH is 1. The second kappa shape index (κ2) is 4.25. The van der Waals surface area contributed by atoms with Crippen molar-refractivity contribution in [1.29, 1.82) is 0 Å². The van der Waals surface area contributed by atoms with E-state index in [1.807, 2.05) is 0 Å². The van der Waals surface area contributed by atoms with Crippen molar-refractivity contribution in [3.05, 3.63) is 11.6 Å². The average molecular weight is 183 g/mol. The van der Waals surface area contributed by atoms with Crippen molar-refractivity contribution < 1.29 is 5.11 Å². The Balaban J connectivity index is 2.48. The molecule has 0 spiro atoms. The number of hydrogen-bond acceptors (Lipinski definition) is 2. The van der Waals surface area contributed by atoms with E-state index >= 15 is 0 Å². The summed E-state index contributed by atoms with van der Waals surface area (Å²) in [7, 11) is 0. The number of hydrogen-bond donors (Lipinski definition) is 1. The van der Waals surface area contributed by atoms with Crippen LogP contribution in [0.2, 0.25) is 0 Å². The monoisotopic (exact) mass is 183 g/mol. The van der Waals surface area contributed by atoms with E-state index in [-0.39, 0.29) is 6.61 Å². The molecule has 1 N–H and O–H groups in total. The van der Waals surface area contributed by atoms with Gasteiger partial charge in [-0.3, -0.25) is 4.90 Å². The maximum Gasteiger partial charge on any atom is 0.0558 e. The SMILES string of the molecule is CC(C)(C)C1=CCN(CCO)CC1. The van der Waals surface area contributed by atoms with Crippen LogP contribution in [-0.2, 0) is 0 Å². The standard InChI is InChI=1S/C11H21NO/c1-11(2,3)10-4-6-12(7-5-10)8-9-13/h4,13H,5-9H2,1-3H3. The van der Waals surface area contributed by atoms with E-state index in [2.05, 4.69) is 31.7 Å². The van der Waals surface area contributed by atoms with Crippen LogP contribution >= 0.6 is 0 Å². The van der Waals surface area contributed by atoms with Crippen LogP contribution in [0, 0.1) is 5.41 Å². The van der Waals surface area contributed by atoms with Crippen molar-refractivity contribution in [2.24, 2.45) is 5.41 Å². The molecule has 0 radical (unpaired) electrons. The summed E-state index contributed by atoms with van der Waals surface area (Å²) in [5.74, 6) is 0. The Labute approximate surface area is 81.2 Å². The molecule has 1 heterocycles. The van der Waals surface area contributed by atoms with Crippen LogP contribution in [0.5, 0.6) is 0 Å². The molecule has 0 unspecified atom stereocenters. The molecule has 0 aromatic rings. The number of aliphatic hydroxyl groups is 1. The van der Waals surface area contributed by atoms with Gasteiger partial charge >= 0.3 is 0 Å². The molecule has 0 bridgehead atoms. The minimum Gasteiger partial charge on any atom is -0.395 e. The highest BCUT2D eigenvalue weighted by Gasteiger charge is 2.20. The lowest BCUT2D eigenvalue weighted by Gasteiger charge is -2.31. The van der Waals surface area contributed by atoms with Gasteiger partial charge in [0, 0.05) is 19.6 Å². The normalized spacial score (nSPS) is 20.2. The molecule has 13 heavy (non-hydrogen) atoms. The van der Waals surface area contributed by atoms with E-state index in [9.17, 15) is 0 Å². The third-order valence-corrected chi connectivity index (χ3v) is 2.67. The van der Waals surface area contributed by atoms with Crippen LogP contribution in [0.25, 0.3) is 0 Å². The first-order valence-corrected chi connectivity index (χ1v) is 5.07. The number of nitrogens with zero attached hydrogens (tertiary/aromatic N) is 1. The molecule has 0 fully saturated rings. The highest BCUT2D eigenvalue weighted by Crippen LogP contribution is 2.29. The third kappa shape index (κ3) is 3.12. The van der Waals surface area contributed by atoms with E-state index in [4.69, 9.17) is 5.11 Å². The molecule has 0 aromatic heterocycles. The van der Waals surface area contributed by atoms with Gasteiger partial charge in [-0.15, -0.1) is 0 Å². The summed E-state index contributed by atoms with van der Waals surface area (Å²) in [6, 6.07) is 0. The first-order chi connectivity index (χ1) is 6.04. The van der Waals surface area contributed by atoms with Gasteiger partial charge in [-0.25, -0.2) is 0 Å². The molecule has 1 aliphatic rings. The lowest BCUT2D eigenvalue weighted by atomic mass is 9.83. The molecule has 0 aromatic carbocycles. The number of β-amino-alcohol motifs (C(OH)–C–C–N with tert-alkyl or cyclic N) is 1. The van der Waals surface area contributed by atoms with Crippen molar-refractivity contribution in [2.45, 2.75) is 27.2 Å². The lowest BCUT2D eigenvalue weighted by Crippen LogP contribution is -2.33. The van der Waals surface area contributed by atoms with Crippen LogP contribution in [-0.4, -0.2) is 36.2 Å². The molecular formula is C11H21NO. The largest absolute Gasteiger partial charge is 0.395 e. The predicted molar refractivity (Wildman–Crippen MR) is 55.7 cm³/mol. The van der Waals surface area contributed by atoms with Gasteiger partial charge in [0.15, 0.2) is 0 Å². The minimum atomic E-state index is 0.276. The van der Waals surface area contributed by atoms with Crippen LogP contribution in [0.15, 0.2) is 11.6 Å². The minimum absolute atomic E-state index is 0.276. The van der Waals surface area contributed by atoms with E-state index in [1.165, 1.54) is 0 Å². The third-order valence-electron chi connectivity index (χ3n) is 2.67. The zero-order chi connectivity index (χ0) is 9.90. The Morgan fingerprint density at radius 3 is 2.54 bits per heavy atom. The molecule has 0 aliphatic carbocycles. The van der Waals surface area contributed by atoms with Crippen molar-refractivity contribution >= 4 is 0 Å². The Morgan fingerprint density at radius 2 is 2.15 bits per heavy atom. The van der Waals surface area contributed by atoms with Crippen molar-refractivity contribution in [1.82, 2.24) is 4.90 Å². The molecule has 0 atom stereocenters. The highest BCUT2D eigenvalue weighted by molar-refractivity contribution is 5.14. The molecular weight excluding hydrogens is 162 g/mol. The lowest BCUT2D eigenvalue weighted by molar-refractivity contribution is 0.200. The zero-order valence-electron chi connectivity index (χ0n) is 9.01. The Bertz CT molecular complexity index is 191. The van der Waals surface area contributed by atoms with Gasteiger partial charge in [0.2, 0.25) is 0 Å². The van der Waals surface area contributed by atoms with Crippen LogP contribution in [0.3, 0.4) is 0 Å². The fourth-order valence-corrected chi connectivity index (χ4v) is 1.74. The zero-order valence-corrected chi connectivity index (χ0v) is 9.01. The smallest absolute Gasteiger partial charge is 0.0558 e. The van der Waals surface area contributed by atoms with E-state index in [0.717, 1.165) is 26.1 Å². The molecule has 2 nitrogen and oxygen atoms in total. The maximum absolute atomic E-state index is 8.78. The molecule has 1 rings (SSSR count). The molecule has 0 saturated heterocycles. The molecule has 1 aliphatic heterocycles. The summed E-state index contributed by atoms with van der Waals surface area (Å²) in [6.45, 7) is 9.99. The summed E-state index contributed by atoms with van der Waals surface area (Å²) in [6.07, 6.45) is 3.47. The first kappa shape index (κ1) is 10.7. The second-order valence-corrected chi connectivity index (χ2v) is 4.75. The van der Waals surface area contributed by atoms with Crippen LogP contribution in [0.1, 0.15) is 27.2 Å². The van der Waals surface area contributed by atoms with Crippen molar-refractivity contribution in [3.63, 3.8) is 0 Å². The Morgan fingerprint density at radius 1 is 1.46 bits per heavy atom. The number of rotatable bonds is 2. The summed E-state index contributed by atoms with van der Waals surface area (Å²) >= 11 is 0. The quantitative estimate of drug-likeness (QED) is 0.658. The van der Waals surface area contributed by atoms with Crippen molar-refractivity contribution in [3.8, 4) is 0 Å². The fourth-order valence-electron chi connectivity index (χ4n) is 1.74. The molecule has 76 valence electrons. The molecule has 0 amide bonds. The van der Waals surface area contributed by atoms with Crippen LogP contribution in [0.4, 0.5) is 0 Å². The van der Waals surface area contributed by atoms with Crippen LogP contribution < -0.4 is 0 Å². The van der Waals surface area contributed by atoms with E-state index < -0.39 is 0 Å². The Hall–Kier alpha value is -0.340. The van der Waals surface area contributed by atoms with Crippen molar-refractivity contribution in [2.75, 3.05) is 26.2 Å². The maximum atomic E-state index is 8.78. The first-order valence-electron chi connectivity index (χ1n) is 5.07. The summed E-state index contributed by atoms with van der Waals surface area (Å²) in [4.78, 5) is 2.29. The van der Waals surface area contributed by atoms with E-state index in [1.54, 1.807) is 5.57 Å². The predicted octanol–water partition coefficient (Wildman–Crippen LogP) is 1.66. The van der Waals surface area contributed by atoms with Gasteiger partial charge in [-0.1, -0.05) is 32.4 Å². The van der Waals surface area contributed by atoms with Gasteiger partial charge < -0.3 is 5.11 Å². The topological polar surface area (TPSA) is 23.5 Å². The van der Waals surface area contributed by atoms with Gasteiger partial charge in [0.25, 0.3) is 0 Å². The Kier molecular flexibility index (Phi) is 3.51. The van der Waals surface area contributed by atoms with Gasteiger partial charge in [0.1, 0.15) is 0 Å². The highest BCUT2D eigenvalue weighted by atomic mass is 16.3.